The van der Waals surface area contributed by atoms with Gasteiger partial charge in [0.2, 0.25) is 5.88 Å². The number of urea groups is 1. The maximum Gasteiger partial charge on any atom is 0.326 e. The van der Waals surface area contributed by atoms with Crippen molar-refractivity contribution in [3.05, 3.63) is 64.0 Å². The molecule has 37 heavy (non-hydrogen) atoms. The van der Waals surface area contributed by atoms with E-state index in [-0.39, 0.29) is 41.3 Å². The SMILES string of the molecule is CNc1cc2c(cn1)cc(-c1cc(NC(=O)Nc3cc(C(C)(C)C)no3)c(F)cc1C)c(=O)n2CCO. The standard InChI is InChI=1S/C26H29FN6O4/c1-14-8-18(27)19(30-25(36)31-23-12-21(32-37-23)26(2,3)4)10-16(14)17-9-15-13-29-22(28-5)11-20(15)33(6-7-34)24(17)35/h8-13,34H,6-7H2,1-5H3,(H,28,29)(H2,30,31,36). The summed E-state index contributed by atoms with van der Waals surface area (Å²) in [4.78, 5) is 30.4. The van der Waals surface area contributed by atoms with Gasteiger partial charge in [-0.3, -0.25) is 10.1 Å². The van der Waals surface area contributed by atoms with Crippen LogP contribution >= 0.6 is 0 Å². The Hall–Kier alpha value is -4.25. The zero-order valence-corrected chi connectivity index (χ0v) is 21.3. The van der Waals surface area contributed by atoms with Crippen LogP contribution in [0.3, 0.4) is 0 Å². The van der Waals surface area contributed by atoms with Crippen LogP contribution in [0.2, 0.25) is 0 Å². The summed E-state index contributed by atoms with van der Waals surface area (Å²) in [6.45, 7) is 7.35. The van der Waals surface area contributed by atoms with Crippen molar-refractivity contribution >= 4 is 34.3 Å². The normalized spacial score (nSPS) is 11.5. The molecule has 0 saturated heterocycles. The molecule has 3 aromatic heterocycles. The third-order valence-electron chi connectivity index (χ3n) is 5.93. The van der Waals surface area contributed by atoms with E-state index >= 15 is 0 Å². The molecule has 0 spiro atoms. The Balaban J connectivity index is 1.71. The molecule has 0 aliphatic heterocycles. The summed E-state index contributed by atoms with van der Waals surface area (Å²) in [5.74, 6) is 0.0226. The summed E-state index contributed by atoms with van der Waals surface area (Å²) in [6.07, 6.45) is 1.62. The van der Waals surface area contributed by atoms with Gasteiger partial charge in [-0.15, -0.1) is 0 Å². The summed E-state index contributed by atoms with van der Waals surface area (Å²) < 4.78 is 21.4. The number of carbonyl (C=O) groups is 1. The maximum atomic E-state index is 14.8. The zero-order chi connectivity index (χ0) is 26.9. The van der Waals surface area contributed by atoms with Gasteiger partial charge in [0, 0.05) is 48.3 Å². The van der Waals surface area contributed by atoms with E-state index in [0.29, 0.717) is 33.5 Å². The van der Waals surface area contributed by atoms with Crippen LogP contribution in [0.4, 0.5) is 26.6 Å². The molecule has 0 aliphatic carbocycles. The van der Waals surface area contributed by atoms with Gasteiger partial charge in [0.1, 0.15) is 11.6 Å². The van der Waals surface area contributed by atoms with Gasteiger partial charge in [0.15, 0.2) is 0 Å². The predicted octanol–water partition coefficient (Wildman–Crippen LogP) is 4.47. The number of nitrogens with zero attached hydrogens (tertiary/aromatic N) is 3. The maximum absolute atomic E-state index is 14.8. The number of fused-ring (bicyclic) bond motifs is 1. The number of hydrogen-bond acceptors (Lipinski definition) is 7. The minimum atomic E-state index is -0.731. The van der Waals surface area contributed by atoms with Crippen molar-refractivity contribution in [1.29, 1.82) is 0 Å². The van der Waals surface area contributed by atoms with Crippen LogP contribution in [0, 0.1) is 12.7 Å². The van der Waals surface area contributed by atoms with Gasteiger partial charge < -0.3 is 24.8 Å². The Morgan fingerprint density at radius 3 is 2.54 bits per heavy atom. The minimum Gasteiger partial charge on any atom is -0.395 e. The number of carbonyl (C=O) groups excluding carboxylic acids is 1. The van der Waals surface area contributed by atoms with E-state index in [9.17, 15) is 19.1 Å². The Bertz CT molecular complexity index is 1540. The number of benzene rings is 1. The molecule has 1 aromatic carbocycles. The topological polar surface area (TPSA) is 134 Å². The smallest absolute Gasteiger partial charge is 0.326 e. The van der Waals surface area contributed by atoms with Crippen LogP contribution < -0.4 is 21.5 Å². The Kier molecular flexibility index (Phi) is 6.99. The average Bonchev–Trinajstić information content (AvgIpc) is 3.31. The van der Waals surface area contributed by atoms with Crippen molar-refractivity contribution in [2.75, 3.05) is 29.6 Å². The van der Waals surface area contributed by atoms with E-state index < -0.39 is 11.8 Å². The number of aromatic nitrogens is 3. The summed E-state index contributed by atoms with van der Waals surface area (Å²) in [7, 11) is 1.72. The highest BCUT2D eigenvalue weighted by molar-refractivity contribution is 5.99. The second kappa shape index (κ2) is 10.0. The van der Waals surface area contributed by atoms with E-state index in [2.05, 4.69) is 26.1 Å². The lowest BCUT2D eigenvalue weighted by molar-refractivity contribution is 0.261. The second-order valence-corrected chi connectivity index (χ2v) is 9.67. The minimum absolute atomic E-state index is 0.0673. The lowest BCUT2D eigenvalue weighted by Gasteiger charge is -2.15. The molecule has 0 atom stereocenters. The molecule has 0 radical (unpaired) electrons. The number of pyridine rings is 2. The fraction of sp³-hybridized carbons (Fsp3) is 0.308. The Morgan fingerprint density at radius 2 is 1.89 bits per heavy atom. The molecular formula is C26H29FN6O4. The number of rotatable bonds is 6. The number of anilines is 3. The van der Waals surface area contributed by atoms with Gasteiger partial charge >= 0.3 is 6.03 Å². The molecule has 10 nitrogen and oxygen atoms in total. The highest BCUT2D eigenvalue weighted by Gasteiger charge is 2.21. The first-order valence-corrected chi connectivity index (χ1v) is 11.7. The van der Waals surface area contributed by atoms with Crippen LogP contribution in [0.25, 0.3) is 22.0 Å². The largest absolute Gasteiger partial charge is 0.395 e. The lowest BCUT2D eigenvalue weighted by Crippen LogP contribution is -2.24. The number of aliphatic hydroxyl groups is 1. The molecule has 0 unspecified atom stereocenters. The van der Waals surface area contributed by atoms with Crippen LogP contribution in [0.1, 0.15) is 32.0 Å². The summed E-state index contributed by atoms with van der Waals surface area (Å²) in [5, 5.41) is 22.1. The van der Waals surface area contributed by atoms with Gasteiger partial charge in [-0.2, -0.15) is 0 Å². The van der Waals surface area contributed by atoms with E-state index in [1.54, 1.807) is 38.4 Å². The third-order valence-corrected chi connectivity index (χ3v) is 5.93. The van der Waals surface area contributed by atoms with Gasteiger partial charge in [0.05, 0.1) is 23.5 Å². The first kappa shape index (κ1) is 25.8. The highest BCUT2D eigenvalue weighted by Crippen LogP contribution is 2.30. The van der Waals surface area contributed by atoms with Gasteiger partial charge in [-0.05, 0) is 36.2 Å². The van der Waals surface area contributed by atoms with Crippen molar-refractivity contribution < 1.29 is 18.8 Å². The number of halogens is 1. The second-order valence-electron chi connectivity index (χ2n) is 9.67. The quantitative estimate of drug-likeness (QED) is 0.302. The van der Waals surface area contributed by atoms with Crippen LogP contribution in [0.5, 0.6) is 0 Å². The molecule has 0 fully saturated rings. The molecule has 4 rings (SSSR count). The van der Waals surface area contributed by atoms with Crippen LogP contribution in [-0.4, -0.2) is 39.5 Å². The number of nitrogens with one attached hydrogen (secondary N) is 3. The fourth-order valence-corrected chi connectivity index (χ4v) is 3.94. The first-order valence-electron chi connectivity index (χ1n) is 11.7. The van der Waals surface area contributed by atoms with E-state index in [1.807, 2.05) is 20.8 Å². The van der Waals surface area contributed by atoms with Crippen LogP contribution in [0.15, 0.2) is 45.8 Å². The monoisotopic (exact) mass is 508 g/mol. The Morgan fingerprint density at radius 1 is 1.14 bits per heavy atom. The highest BCUT2D eigenvalue weighted by atomic mass is 19.1. The predicted molar refractivity (Wildman–Crippen MR) is 141 cm³/mol. The molecule has 4 aromatic rings. The molecule has 11 heteroatoms. The summed E-state index contributed by atoms with van der Waals surface area (Å²) in [5.41, 5.74) is 1.71. The molecule has 0 saturated carbocycles. The van der Waals surface area contributed by atoms with E-state index in [4.69, 9.17) is 4.52 Å². The van der Waals surface area contributed by atoms with Gasteiger partial charge in [-0.1, -0.05) is 25.9 Å². The molecule has 3 heterocycles. The third kappa shape index (κ3) is 5.31. The first-order chi connectivity index (χ1) is 17.5. The molecular weight excluding hydrogens is 479 g/mol. The van der Waals surface area contributed by atoms with E-state index in [1.165, 1.54) is 16.7 Å². The van der Waals surface area contributed by atoms with Crippen molar-refractivity contribution in [1.82, 2.24) is 14.7 Å². The van der Waals surface area contributed by atoms with Gasteiger partial charge in [-0.25, -0.2) is 14.2 Å². The zero-order valence-electron chi connectivity index (χ0n) is 21.3. The molecule has 194 valence electrons. The molecule has 0 bridgehead atoms. The van der Waals surface area contributed by atoms with Crippen molar-refractivity contribution in [3.8, 4) is 11.1 Å². The summed E-state index contributed by atoms with van der Waals surface area (Å²) in [6, 6.07) is 6.92. The fourth-order valence-electron chi connectivity index (χ4n) is 3.94. The number of amides is 2. The molecule has 0 aliphatic rings. The van der Waals surface area contributed by atoms with Crippen molar-refractivity contribution in [3.63, 3.8) is 0 Å². The number of aryl methyl sites for hydroxylation is 1. The number of aliphatic hydroxyl groups excluding tert-OH is 1. The van der Waals surface area contributed by atoms with Gasteiger partial charge in [0.25, 0.3) is 5.56 Å². The molecule has 4 N–H and O–H groups in total. The Labute approximate surface area is 212 Å². The van der Waals surface area contributed by atoms with E-state index in [0.717, 1.165) is 0 Å². The van der Waals surface area contributed by atoms with Crippen molar-refractivity contribution in [2.45, 2.75) is 39.7 Å². The van der Waals surface area contributed by atoms with Crippen LogP contribution in [-0.2, 0) is 12.0 Å². The lowest BCUT2D eigenvalue weighted by atomic mass is 9.92. The summed E-state index contributed by atoms with van der Waals surface area (Å²) >= 11 is 0. The average molecular weight is 509 g/mol. The van der Waals surface area contributed by atoms with Crippen molar-refractivity contribution in [2.24, 2.45) is 0 Å². The number of hydrogen-bond donors (Lipinski definition) is 4. The molecule has 2 amide bonds.